The Morgan fingerprint density at radius 2 is 2.12 bits per heavy atom. The van der Waals surface area contributed by atoms with E-state index in [1.165, 1.54) is 19.1 Å². The van der Waals surface area contributed by atoms with Crippen molar-refractivity contribution in [1.29, 1.82) is 0 Å². The van der Waals surface area contributed by atoms with E-state index in [-0.39, 0.29) is 16.7 Å². The predicted octanol–water partition coefficient (Wildman–Crippen LogP) is 3.28. The average Bonchev–Trinajstić information content (AvgIpc) is 2.17. The highest BCUT2D eigenvalue weighted by atomic mass is 35.5. The lowest BCUT2D eigenvalue weighted by molar-refractivity contribution is -0.118. The van der Waals surface area contributed by atoms with E-state index < -0.39 is 11.4 Å². The molecule has 1 aromatic carbocycles. The highest BCUT2D eigenvalue weighted by Gasteiger charge is 2.24. The van der Waals surface area contributed by atoms with Gasteiger partial charge in [-0.25, -0.2) is 4.39 Å². The zero-order chi connectivity index (χ0) is 13.2. The van der Waals surface area contributed by atoms with Gasteiger partial charge in [0.1, 0.15) is 11.6 Å². The summed E-state index contributed by atoms with van der Waals surface area (Å²) in [5.74, 6) is -0.919. The van der Waals surface area contributed by atoms with Gasteiger partial charge < -0.3 is 5.73 Å². The van der Waals surface area contributed by atoms with E-state index in [9.17, 15) is 9.18 Å². The Morgan fingerprint density at radius 1 is 1.53 bits per heavy atom. The lowest BCUT2D eigenvalue weighted by Gasteiger charge is -2.24. The molecule has 2 N–H and O–H groups in total. The van der Waals surface area contributed by atoms with Crippen molar-refractivity contribution in [2.75, 3.05) is 0 Å². The average molecular weight is 258 g/mol. The molecule has 0 spiro atoms. The molecule has 17 heavy (non-hydrogen) atoms. The zero-order valence-corrected chi connectivity index (χ0v) is 11.0. The quantitative estimate of drug-likeness (QED) is 0.900. The highest BCUT2D eigenvalue weighted by molar-refractivity contribution is 6.30. The van der Waals surface area contributed by atoms with Crippen molar-refractivity contribution in [1.82, 2.24) is 0 Å². The van der Waals surface area contributed by atoms with Crippen LogP contribution in [0.4, 0.5) is 4.39 Å². The van der Waals surface area contributed by atoms with Crippen molar-refractivity contribution in [2.24, 2.45) is 5.73 Å². The van der Waals surface area contributed by atoms with Crippen LogP contribution in [0.3, 0.4) is 0 Å². The van der Waals surface area contributed by atoms with E-state index in [0.29, 0.717) is 12.0 Å². The number of carbonyl (C=O) groups excluding carboxylic acids is 1. The molecule has 1 aromatic rings. The van der Waals surface area contributed by atoms with E-state index in [1.54, 1.807) is 6.07 Å². The first-order valence-corrected chi connectivity index (χ1v) is 5.83. The summed E-state index contributed by atoms with van der Waals surface area (Å²) in [5.41, 5.74) is 6.05. The first kappa shape index (κ1) is 14.1. The molecule has 0 fully saturated rings. The Hall–Kier alpha value is -0.930. The number of halogens is 2. The predicted molar refractivity (Wildman–Crippen MR) is 67.7 cm³/mol. The Kier molecular flexibility index (Phi) is 4.28. The van der Waals surface area contributed by atoms with E-state index >= 15 is 0 Å². The van der Waals surface area contributed by atoms with Crippen LogP contribution >= 0.6 is 11.6 Å². The molecule has 0 amide bonds. The van der Waals surface area contributed by atoms with Crippen LogP contribution in [0, 0.1) is 5.82 Å². The summed E-state index contributed by atoms with van der Waals surface area (Å²) in [7, 11) is 0. The van der Waals surface area contributed by atoms with Gasteiger partial charge in [-0.05, 0) is 44.9 Å². The fourth-order valence-electron chi connectivity index (χ4n) is 1.75. The van der Waals surface area contributed by atoms with Gasteiger partial charge in [-0.15, -0.1) is 0 Å². The summed E-state index contributed by atoms with van der Waals surface area (Å²) in [4.78, 5) is 11.6. The van der Waals surface area contributed by atoms with E-state index in [2.05, 4.69) is 0 Å². The number of hydrogen-bond acceptors (Lipinski definition) is 2. The molecule has 0 saturated carbocycles. The van der Waals surface area contributed by atoms with Crippen molar-refractivity contribution < 1.29 is 9.18 Å². The van der Waals surface area contributed by atoms with Gasteiger partial charge in [0.2, 0.25) is 0 Å². The van der Waals surface area contributed by atoms with Crippen molar-refractivity contribution in [3.63, 3.8) is 0 Å². The second-order valence-electron chi connectivity index (χ2n) is 5.03. The zero-order valence-electron chi connectivity index (χ0n) is 10.3. The first-order chi connectivity index (χ1) is 7.70. The van der Waals surface area contributed by atoms with Gasteiger partial charge in [0.25, 0.3) is 0 Å². The molecule has 0 bridgehead atoms. The largest absolute Gasteiger partial charge is 0.326 e. The molecule has 0 unspecified atom stereocenters. The van der Waals surface area contributed by atoms with Crippen molar-refractivity contribution in [3.05, 3.63) is 34.6 Å². The Balaban J connectivity index is 3.06. The van der Waals surface area contributed by atoms with E-state index in [0.717, 1.165) is 0 Å². The van der Waals surface area contributed by atoms with Gasteiger partial charge in [-0.2, -0.15) is 0 Å². The molecular formula is C13H17ClFNO. The van der Waals surface area contributed by atoms with Gasteiger partial charge in [0, 0.05) is 11.5 Å². The standard InChI is InChI=1S/C13H17ClFNO/c1-8(17)10(7-13(2,3)16)9-4-5-11(14)12(15)6-9/h4-6,10H,7,16H2,1-3H3/t10-/m0/s1. The summed E-state index contributed by atoms with van der Waals surface area (Å²) in [6, 6.07) is 4.44. The molecule has 0 aliphatic rings. The molecule has 0 aromatic heterocycles. The van der Waals surface area contributed by atoms with E-state index in [1.807, 2.05) is 13.8 Å². The maximum absolute atomic E-state index is 13.4. The number of rotatable bonds is 4. The molecule has 0 aliphatic heterocycles. The fourth-order valence-corrected chi connectivity index (χ4v) is 1.87. The number of ketones is 1. The summed E-state index contributed by atoms with van der Waals surface area (Å²) in [6.07, 6.45) is 0.476. The fraction of sp³-hybridized carbons (Fsp3) is 0.462. The van der Waals surface area contributed by atoms with Gasteiger partial charge in [0.15, 0.2) is 0 Å². The second kappa shape index (κ2) is 5.15. The topological polar surface area (TPSA) is 43.1 Å². The Bertz CT molecular complexity index is 426. The molecule has 1 rings (SSSR count). The minimum absolute atomic E-state index is 0.0229. The van der Waals surface area contributed by atoms with Crippen LogP contribution in [-0.4, -0.2) is 11.3 Å². The van der Waals surface area contributed by atoms with Crippen LogP contribution in [-0.2, 0) is 4.79 Å². The van der Waals surface area contributed by atoms with Crippen LogP contribution in [0.15, 0.2) is 18.2 Å². The molecule has 4 heteroatoms. The third kappa shape index (κ3) is 4.10. The van der Waals surface area contributed by atoms with Gasteiger partial charge in [-0.1, -0.05) is 17.7 Å². The maximum Gasteiger partial charge on any atom is 0.142 e. The summed E-state index contributed by atoms with van der Waals surface area (Å²) < 4.78 is 13.4. The SMILES string of the molecule is CC(=O)[C@H](CC(C)(C)N)c1ccc(Cl)c(F)c1. The molecule has 0 saturated heterocycles. The van der Waals surface area contributed by atoms with Gasteiger partial charge in [-0.3, -0.25) is 4.79 Å². The molecular weight excluding hydrogens is 241 g/mol. The molecule has 2 nitrogen and oxygen atoms in total. The normalized spacial score (nSPS) is 13.5. The van der Waals surface area contributed by atoms with Crippen LogP contribution < -0.4 is 5.73 Å². The smallest absolute Gasteiger partial charge is 0.142 e. The van der Waals surface area contributed by atoms with Crippen LogP contribution in [0.2, 0.25) is 5.02 Å². The van der Waals surface area contributed by atoms with E-state index in [4.69, 9.17) is 17.3 Å². The number of carbonyl (C=O) groups is 1. The number of Topliss-reactive ketones (excluding diaryl/α,β-unsaturated/α-hetero) is 1. The number of benzene rings is 1. The second-order valence-corrected chi connectivity index (χ2v) is 5.44. The lowest BCUT2D eigenvalue weighted by Crippen LogP contribution is -2.35. The number of nitrogens with two attached hydrogens (primary N) is 1. The molecule has 0 radical (unpaired) electrons. The third-order valence-electron chi connectivity index (χ3n) is 2.57. The molecule has 0 aliphatic carbocycles. The minimum Gasteiger partial charge on any atom is -0.326 e. The molecule has 0 heterocycles. The Labute approximate surface area is 106 Å². The molecule has 1 atom stereocenters. The Morgan fingerprint density at radius 3 is 2.53 bits per heavy atom. The lowest BCUT2D eigenvalue weighted by atomic mass is 9.84. The first-order valence-electron chi connectivity index (χ1n) is 5.45. The third-order valence-corrected chi connectivity index (χ3v) is 2.87. The van der Waals surface area contributed by atoms with Crippen LogP contribution in [0.1, 0.15) is 38.7 Å². The van der Waals surface area contributed by atoms with Crippen molar-refractivity contribution in [2.45, 2.75) is 38.6 Å². The molecule has 94 valence electrons. The summed E-state index contributed by atoms with van der Waals surface area (Å²) in [6.45, 7) is 5.17. The van der Waals surface area contributed by atoms with Crippen LogP contribution in [0.25, 0.3) is 0 Å². The van der Waals surface area contributed by atoms with Crippen molar-refractivity contribution >= 4 is 17.4 Å². The van der Waals surface area contributed by atoms with Gasteiger partial charge >= 0.3 is 0 Å². The van der Waals surface area contributed by atoms with Gasteiger partial charge in [0.05, 0.1) is 5.02 Å². The number of hydrogen-bond donors (Lipinski definition) is 1. The monoisotopic (exact) mass is 257 g/mol. The maximum atomic E-state index is 13.4. The van der Waals surface area contributed by atoms with Crippen LogP contribution in [0.5, 0.6) is 0 Å². The highest BCUT2D eigenvalue weighted by Crippen LogP contribution is 2.28. The minimum atomic E-state index is -0.509. The summed E-state index contributed by atoms with van der Waals surface area (Å²) >= 11 is 5.61. The van der Waals surface area contributed by atoms with Crippen molar-refractivity contribution in [3.8, 4) is 0 Å². The summed E-state index contributed by atoms with van der Waals surface area (Å²) in [5, 5.41) is 0.0584.